The van der Waals surface area contributed by atoms with E-state index in [-0.39, 0.29) is 11.3 Å². The number of hydrogen-bond acceptors (Lipinski definition) is 6. The Bertz CT molecular complexity index is 707. The van der Waals surface area contributed by atoms with Gasteiger partial charge in [-0.3, -0.25) is 4.79 Å². The molecule has 4 rings (SSSR count). The summed E-state index contributed by atoms with van der Waals surface area (Å²) >= 11 is 0. The van der Waals surface area contributed by atoms with Gasteiger partial charge in [-0.15, -0.1) is 0 Å². The SMILES string of the molecule is C=CC(=O)N1CCC2(CCN(c3cc(N4CCN(CC)CC4)ncn3)CC2)C1. The normalized spacial score (nSPS) is 22.7. The molecule has 1 amide bonds. The average molecular weight is 385 g/mol. The monoisotopic (exact) mass is 384 g/mol. The molecule has 7 nitrogen and oxygen atoms in total. The van der Waals surface area contributed by atoms with E-state index in [1.165, 1.54) is 6.08 Å². The van der Waals surface area contributed by atoms with Crippen LogP contribution >= 0.6 is 0 Å². The molecule has 1 spiro atoms. The van der Waals surface area contributed by atoms with Crippen molar-refractivity contribution in [1.29, 1.82) is 0 Å². The molecule has 3 aliphatic rings. The summed E-state index contributed by atoms with van der Waals surface area (Å²) in [5.41, 5.74) is 0.279. The average Bonchev–Trinajstić information content (AvgIpc) is 3.17. The number of carbonyl (C=O) groups is 1. The number of hydrogen-bond donors (Lipinski definition) is 0. The van der Waals surface area contributed by atoms with Crippen molar-refractivity contribution in [2.45, 2.75) is 26.2 Å². The zero-order valence-corrected chi connectivity index (χ0v) is 17.0. The summed E-state index contributed by atoms with van der Waals surface area (Å²) < 4.78 is 0. The van der Waals surface area contributed by atoms with Gasteiger partial charge in [0.05, 0.1) is 0 Å². The highest BCUT2D eigenvalue weighted by Crippen LogP contribution is 2.41. The number of rotatable bonds is 4. The van der Waals surface area contributed by atoms with Gasteiger partial charge in [-0.1, -0.05) is 13.5 Å². The summed E-state index contributed by atoms with van der Waals surface area (Å²) in [6.07, 6.45) is 6.49. The Kier molecular flexibility index (Phi) is 5.53. The zero-order chi connectivity index (χ0) is 19.6. The third-order valence-corrected chi connectivity index (χ3v) is 6.85. The molecular weight excluding hydrogens is 352 g/mol. The van der Waals surface area contributed by atoms with E-state index in [4.69, 9.17) is 0 Å². The summed E-state index contributed by atoms with van der Waals surface area (Å²) in [6.45, 7) is 15.0. The first kappa shape index (κ1) is 19.2. The summed E-state index contributed by atoms with van der Waals surface area (Å²) in [4.78, 5) is 30.2. The predicted octanol–water partition coefficient (Wildman–Crippen LogP) is 1.62. The quantitative estimate of drug-likeness (QED) is 0.736. The lowest BCUT2D eigenvalue weighted by Gasteiger charge is -2.40. The molecule has 0 N–H and O–H groups in total. The lowest BCUT2D eigenvalue weighted by Crippen LogP contribution is -2.46. The lowest BCUT2D eigenvalue weighted by atomic mass is 9.78. The highest BCUT2D eigenvalue weighted by Gasteiger charge is 2.41. The first-order valence-electron chi connectivity index (χ1n) is 10.6. The van der Waals surface area contributed by atoms with Gasteiger partial charge in [0.25, 0.3) is 0 Å². The third-order valence-electron chi connectivity index (χ3n) is 6.85. The van der Waals surface area contributed by atoms with Crippen LogP contribution in [0.5, 0.6) is 0 Å². The van der Waals surface area contributed by atoms with Crippen molar-refractivity contribution in [2.24, 2.45) is 5.41 Å². The molecule has 3 saturated heterocycles. The van der Waals surface area contributed by atoms with Crippen LogP contribution in [0.15, 0.2) is 25.0 Å². The van der Waals surface area contributed by atoms with Crippen molar-refractivity contribution in [3.8, 4) is 0 Å². The highest BCUT2D eigenvalue weighted by molar-refractivity contribution is 5.87. The molecule has 4 heterocycles. The number of aromatic nitrogens is 2. The zero-order valence-electron chi connectivity index (χ0n) is 17.0. The van der Waals surface area contributed by atoms with Crippen LogP contribution in [-0.4, -0.2) is 84.6 Å². The van der Waals surface area contributed by atoms with Gasteiger partial charge >= 0.3 is 0 Å². The Morgan fingerprint density at radius 2 is 1.64 bits per heavy atom. The predicted molar refractivity (Wildman–Crippen MR) is 112 cm³/mol. The van der Waals surface area contributed by atoms with Crippen LogP contribution < -0.4 is 9.80 Å². The van der Waals surface area contributed by atoms with Gasteiger partial charge in [-0.2, -0.15) is 0 Å². The number of likely N-dealkylation sites (N-methyl/N-ethyl adjacent to an activating group) is 1. The Morgan fingerprint density at radius 1 is 1.04 bits per heavy atom. The van der Waals surface area contributed by atoms with Gasteiger partial charge in [0, 0.05) is 58.4 Å². The van der Waals surface area contributed by atoms with E-state index in [0.29, 0.717) is 0 Å². The molecule has 0 saturated carbocycles. The van der Waals surface area contributed by atoms with E-state index in [9.17, 15) is 4.79 Å². The number of amides is 1. The van der Waals surface area contributed by atoms with Crippen molar-refractivity contribution in [3.05, 3.63) is 25.0 Å². The van der Waals surface area contributed by atoms with E-state index in [0.717, 1.165) is 89.8 Å². The largest absolute Gasteiger partial charge is 0.356 e. The van der Waals surface area contributed by atoms with Crippen molar-refractivity contribution in [2.75, 3.05) is 68.7 Å². The van der Waals surface area contributed by atoms with Crippen LogP contribution in [0.25, 0.3) is 0 Å². The lowest BCUT2D eigenvalue weighted by molar-refractivity contribution is -0.125. The van der Waals surface area contributed by atoms with E-state index in [2.05, 4.69) is 44.2 Å². The summed E-state index contributed by atoms with van der Waals surface area (Å²) in [6, 6.07) is 2.15. The second-order valence-corrected chi connectivity index (χ2v) is 8.36. The smallest absolute Gasteiger partial charge is 0.245 e. The van der Waals surface area contributed by atoms with Crippen molar-refractivity contribution >= 4 is 17.5 Å². The minimum Gasteiger partial charge on any atom is -0.356 e. The van der Waals surface area contributed by atoms with Gasteiger partial charge in [-0.25, -0.2) is 9.97 Å². The highest BCUT2D eigenvalue weighted by atomic mass is 16.2. The Balaban J connectivity index is 1.36. The Hall–Kier alpha value is -2.15. The van der Waals surface area contributed by atoms with Gasteiger partial charge < -0.3 is 19.6 Å². The first-order valence-corrected chi connectivity index (χ1v) is 10.6. The van der Waals surface area contributed by atoms with Crippen molar-refractivity contribution in [3.63, 3.8) is 0 Å². The van der Waals surface area contributed by atoms with Crippen LogP contribution in [0.1, 0.15) is 26.2 Å². The van der Waals surface area contributed by atoms with Crippen molar-refractivity contribution < 1.29 is 4.79 Å². The molecule has 3 aliphatic heterocycles. The van der Waals surface area contributed by atoms with Crippen LogP contribution in [0.2, 0.25) is 0 Å². The number of anilines is 2. The van der Waals surface area contributed by atoms with Crippen LogP contribution in [0.3, 0.4) is 0 Å². The fourth-order valence-electron chi connectivity index (χ4n) is 4.85. The molecule has 1 aromatic rings. The number of piperazine rings is 1. The molecule has 7 heteroatoms. The van der Waals surface area contributed by atoms with E-state index in [1.807, 2.05) is 4.90 Å². The second kappa shape index (κ2) is 8.07. The molecule has 0 unspecified atom stereocenters. The van der Waals surface area contributed by atoms with E-state index >= 15 is 0 Å². The molecule has 0 bridgehead atoms. The molecule has 0 radical (unpaired) electrons. The van der Waals surface area contributed by atoms with Gasteiger partial charge in [-0.05, 0) is 37.3 Å². The van der Waals surface area contributed by atoms with Gasteiger partial charge in [0.2, 0.25) is 5.91 Å². The second-order valence-electron chi connectivity index (χ2n) is 8.36. The molecule has 152 valence electrons. The fraction of sp³-hybridized carbons (Fsp3) is 0.667. The number of nitrogens with zero attached hydrogens (tertiary/aromatic N) is 6. The van der Waals surface area contributed by atoms with Crippen molar-refractivity contribution in [1.82, 2.24) is 19.8 Å². The summed E-state index contributed by atoms with van der Waals surface area (Å²) in [5.74, 6) is 2.15. The van der Waals surface area contributed by atoms with Crippen LogP contribution in [0, 0.1) is 5.41 Å². The van der Waals surface area contributed by atoms with E-state index < -0.39 is 0 Å². The molecule has 1 aromatic heterocycles. The summed E-state index contributed by atoms with van der Waals surface area (Å²) in [5, 5.41) is 0. The number of carbonyl (C=O) groups excluding carboxylic acids is 1. The maximum Gasteiger partial charge on any atom is 0.245 e. The van der Waals surface area contributed by atoms with Crippen LogP contribution in [-0.2, 0) is 4.79 Å². The fourth-order valence-corrected chi connectivity index (χ4v) is 4.85. The number of piperidine rings is 1. The topological polar surface area (TPSA) is 55.8 Å². The van der Waals surface area contributed by atoms with Crippen LogP contribution in [0.4, 0.5) is 11.6 Å². The first-order chi connectivity index (χ1) is 13.6. The molecule has 28 heavy (non-hydrogen) atoms. The Morgan fingerprint density at radius 3 is 2.25 bits per heavy atom. The Labute approximate surface area is 168 Å². The van der Waals surface area contributed by atoms with Gasteiger partial charge in [0.15, 0.2) is 0 Å². The molecule has 3 fully saturated rings. The summed E-state index contributed by atoms with van der Waals surface area (Å²) in [7, 11) is 0. The number of likely N-dealkylation sites (tertiary alicyclic amines) is 1. The molecular formula is C21H32N6O. The van der Waals surface area contributed by atoms with E-state index in [1.54, 1.807) is 6.33 Å². The maximum absolute atomic E-state index is 11.9. The van der Waals surface area contributed by atoms with Gasteiger partial charge in [0.1, 0.15) is 18.0 Å². The minimum atomic E-state index is 0.0721. The third kappa shape index (κ3) is 3.85. The molecule has 0 atom stereocenters. The molecule has 0 aromatic carbocycles. The molecule has 0 aliphatic carbocycles. The standard InChI is InChI=1S/C21H32N6O/c1-3-20(28)27-10-7-21(16-27)5-8-25(9-6-21)18-15-19(23-17-22-18)26-13-11-24(4-2)12-14-26/h3,15,17H,1,4-14,16H2,2H3. The maximum atomic E-state index is 11.9. The minimum absolute atomic E-state index is 0.0721.